The second kappa shape index (κ2) is 4.37. The molecule has 2 heterocycles. The van der Waals surface area contributed by atoms with Crippen molar-refractivity contribution < 1.29 is 9.21 Å². The van der Waals surface area contributed by atoms with Gasteiger partial charge in [0, 0.05) is 25.7 Å². The van der Waals surface area contributed by atoms with Gasteiger partial charge in [0.2, 0.25) is 0 Å². The number of amides is 1. The predicted molar refractivity (Wildman–Crippen MR) is 59.8 cm³/mol. The molecule has 1 aromatic rings. The number of nitrogens with one attached hydrogen (secondary N) is 1. The lowest BCUT2D eigenvalue weighted by molar-refractivity contribution is 0.0653. The van der Waals surface area contributed by atoms with Crippen molar-refractivity contribution in [3.63, 3.8) is 0 Å². The van der Waals surface area contributed by atoms with Crippen LogP contribution < -0.4 is 5.32 Å². The second-order valence-corrected chi connectivity index (χ2v) is 4.38. The van der Waals surface area contributed by atoms with E-state index in [0.29, 0.717) is 10.2 Å². The number of furan rings is 1. The number of carbonyl (C=O) groups is 1. The molecule has 82 valence electrons. The van der Waals surface area contributed by atoms with Crippen molar-refractivity contribution in [2.45, 2.75) is 13.0 Å². The van der Waals surface area contributed by atoms with Crippen molar-refractivity contribution in [2.75, 3.05) is 19.6 Å². The molecule has 0 radical (unpaired) electrons. The predicted octanol–water partition coefficient (Wildman–Crippen LogP) is 1.48. The van der Waals surface area contributed by atoms with Crippen molar-refractivity contribution in [2.24, 2.45) is 0 Å². The largest absolute Gasteiger partial charge is 0.457 e. The van der Waals surface area contributed by atoms with Crippen molar-refractivity contribution in [1.29, 1.82) is 0 Å². The molecule has 4 nitrogen and oxygen atoms in total. The Hall–Kier alpha value is -0.810. The minimum absolute atomic E-state index is 0.0321. The highest BCUT2D eigenvalue weighted by atomic mass is 79.9. The molecule has 1 saturated heterocycles. The summed E-state index contributed by atoms with van der Waals surface area (Å²) >= 11 is 3.22. The van der Waals surface area contributed by atoms with Crippen LogP contribution in [0.1, 0.15) is 17.3 Å². The summed E-state index contributed by atoms with van der Waals surface area (Å²) < 4.78 is 5.58. The molecule has 0 aliphatic carbocycles. The monoisotopic (exact) mass is 272 g/mol. The quantitative estimate of drug-likeness (QED) is 0.843. The van der Waals surface area contributed by atoms with Crippen LogP contribution in [-0.2, 0) is 0 Å². The summed E-state index contributed by atoms with van der Waals surface area (Å²) in [6.45, 7) is 4.49. The van der Waals surface area contributed by atoms with Gasteiger partial charge in [-0.1, -0.05) is 0 Å². The molecule has 1 aliphatic heterocycles. The Morgan fingerprint density at radius 1 is 1.73 bits per heavy atom. The Labute approximate surface area is 96.7 Å². The lowest BCUT2D eigenvalue weighted by Crippen LogP contribution is -2.52. The number of halogens is 1. The molecule has 0 spiro atoms. The van der Waals surface area contributed by atoms with Crippen LogP contribution in [0.5, 0.6) is 0 Å². The molecule has 0 bridgehead atoms. The maximum absolute atomic E-state index is 12.1. The van der Waals surface area contributed by atoms with Crippen LogP contribution in [-0.4, -0.2) is 36.5 Å². The molecule has 1 N–H and O–H groups in total. The topological polar surface area (TPSA) is 45.5 Å². The van der Waals surface area contributed by atoms with Gasteiger partial charge < -0.3 is 14.6 Å². The van der Waals surface area contributed by atoms with Crippen LogP contribution in [0.15, 0.2) is 21.4 Å². The van der Waals surface area contributed by atoms with Crippen LogP contribution in [0.4, 0.5) is 0 Å². The van der Waals surface area contributed by atoms with E-state index >= 15 is 0 Å². The number of hydrogen-bond acceptors (Lipinski definition) is 3. The molecule has 15 heavy (non-hydrogen) atoms. The summed E-state index contributed by atoms with van der Waals surface area (Å²) in [5.41, 5.74) is 0.601. The second-order valence-electron chi connectivity index (χ2n) is 3.66. The smallest absolute Gasteiger partial charge is 0.258 e. The summed E-state index contributed by atoms with van der Waals surface area (Å²) in [4.78, 5) is 14.0. The average Bonchev–Trinajstić information content (AvgIpc) is 2.64. The van der Waals surface area contributed by atoms with Crippen molar-refractivity contribution >= 4 is 21.8 Å². The van der Waals surface area contributed by atoms with Crippen molar-refractivity contribution in [3.05, 3.63) is 22.6 Å². The highest BCUT2D eigenvalue weighted by molar-refractivity contribution is 9.10. The van der Waals surface area contributed by atoms with E-state index in [9.17, 15) is 4.79 Å². The third kappa shape index (κ3) is 2.08. The molecule has 5 heteroatoms. The fourth-order valence-corrected chi connectivity index (χ4v) is 2.15. The molecular formula is C10H13BrN2O2. The number of hydrogen-bond donors (Lipinski definition) is 1. The van der Waals surface area contributed by atoms with Gasteiger partial charge in [0.25, 0.3) is 5.91 Å². The number of nitrogens with zero attached hydrogens (tertiary/aromatic N) is 1. The Balaban J connectivity index is 2.17. The van der Waals surface area contributed by atoms with Gasteiger partial charge in [-0.2, -0.15) is 0 Å². The zero-order chi connectivity index (χ0) is 10.8. The Morgan fingerprint density at radius 3 is 3.13 bits per heavy atom. The summed E-state index contributed by atoms with van der Waals surface area (Å²) in [7, 11) is 0. The van der Waals surface area contributed by atoms with E-state index in [4.69, 9.17) is 4.42 Å². The number of piperazine rings is 1. The van der Waals surface area contributed by atoms with E-state index in [0.717, 1.165) is 19.6 Å². The van der Waals surface area contributed by atoms with Gasteiger partial charge in [0.15, 0.2) is 4.67 Å². The zero-order valence-electron chi connectivity index (χ0n) is 8.50. The normalized spacial score (nSPS) is 21.7. The SMILES string of the molecule is C[C@@H]1CNCCN1C(=O)c1ccoc1Br. The fourth-order valence-electron chi connectivity index (χ4n) is 1.74. The van der Waals surface area contributed by atoms with Crippen LogP contribution in [0.3, 0.4) is 0 Å². The molecular weight excluding hydrogens is 260 g/mol. The molecule has 1 amide bonds. The van der Waals surface area contributed by atoms with Crippen LogP contribution in [0.2, 0.25) is 0 Å². The van der Waals surface area contributed by atoms with E-state index in [1.807, 2.05) is 11.8 Å². The molecule has 0 unspecified atom stereocenters. The van der Waals surface area contributed by atoms with E-state index in [2.05, 4.69) is 21.2 Å². The third-order valence-electron chi connectivity index (χ3n) is 2.61. The van der Waals surface area contributed by atoms with Gasteiger partial charge in [-0.15, -0.1) is 0 Å². The van der Waals surface area contributed by atoms with Crippen LogP contribution >= 0.6 is 15.9 Å². The Bertz CT molecular complexity index is 364. The first-order valence-electron chi connectivity index (χ1n) is 4.95. The maximum Gasteiger partial charge on any atom is 0.258 e. The highest BCUT2D eigenvalue weighted by Gasteiger charge is 2.26. The Morgan fingerprint density at radius 2 is 2.53 bits per heavy atom. The molecule has 0 saturated carbocycles. The van der Waals surface area contributed by atoms with E-state index in [1.165, 1.54) is 6.26 Å². The zero-order valence-corrected chi connectivity index (χ0v) is 10.1. The lowest BCUT2D eigenvalue weighted by Gasteiger charge is -2.33. The summed E-state index contributed by atoms with van der Waals surface area (Å²) in [6, 6.07) is 1.93. The van der Waals surface area contributed by atoms with E-state index in [1.54, 1.807) is 6.07 Å². The molecule has 1 atom stereocenters. The average molecular weight is 273 g/mol. The van der Waals surface area contributed by atoms with Gasteiger partial charge in [0.1, 0.15) is 0 Å². The molecule has 0 aromatic carbocycles. The van der Waals surface area contributed by atoms with Gasteiger partial charge >= 0.3 is 0 Å². The first-order chi connectivity index (χ1) is 7.20. The molecule has 1 aliphatic rings. The van der Waals surface area contributed by atoms with Crippen LogP contribution in [0.25, 0.3) is 0 Å². The summed E-state index contributed by atoms with van der Waals surface area (Å²) in [5, 5.41) is 3.25. The van der Waals surface area contributed by atoms with E-state index < -0.39 is 0 Å². The standard InChI is InChI=1S/C10H13BrN2O2/c1-7-6-12-3-4-13(7)10(14)8-2-5-15-9(8)11/h2,5,7,12H,3-4,6H2,1H3/t7-/m1/s1. The fraction of sp³-hybridized carbons (Fsp3) is 0.500. The van der Waals surface area contributed by atoms with Crippen LogP contribution in [0, 0.1) is 0 Å². The van der Waals surface area contributed by atoms with Gasteiger partial charge in [-0.25, -0.2) is 0 Å². The molecule has 1 fully saturated rings. The van der Waals surface area contributed by atoms with Crippen molar-refractivity contribution in [3.8, 4) is 0 Å². The van der Waals surface area contributed by atoms with Gasteiger partial charge in [-0.05, 0) is 28.9 Å². The third-order valence-corrected chi connectivity index (χ3v) is 3.22. The first-order valence-corrected chi connectivity index (χ1v) is 5.74. The Kier molecular flexibility index (Phi) is 3.11. The maximum atomic E-state index is 12.1. The summed E-state index contributed by atoms with van der Waals surface area (Å²) in [6.07, 6.45) is 1.52. The van der Waals surface area contributed by atoms with Crippen molar-refractivity contribution in [1.82, 2.24) is 10.2 Å². The van der Waals surface area contributed by atoms with Gasteiger partial charge in [0.05, 0.1) is 11.8 Å². The number of rotatable bonds is 1. The first kappa shape index (κ1) is 10.7. The molecule has 1 aromatic heterocycles. The number of carbonyl (C=O) groups excluding carboxylic acids is 1. The minimum atomic E-state index is 0.0321. The van der Waals surface area contributed by atoms with E-state index in [-0.39, 0.29) is 11.9 Å². The highest BCUT2D eigenvalue weighted by Crippen LogP contribution is 2.20. The van der Waals surface area contributed by atoms with Gasteiger partial charge in [-0.3, -0.25) is 4.79 Å². The minimum Gasteiger partial charge on any atom is -0.457 e. The summed E-state index contributed by atoms with van der Waals surface area (Å²) in [5.74, 6) is 0.0321. The lowest BCUT2D eigenvalue weighted by atomic mass is 10.2. The molecule has 2 rings (SSSR count).